The zero-order valence-corrected chi connectivity index (χ0v) is 11.1. The summed E-state index contributed by atoms with van der Waals surface area (Å²) in [4.78, 5) is 11.1. The maximum atomic E-state index is 11.1. The second-order valence-corrected chi connectivity index (χ2v) is 4.63. The molecule has 6 nitrogen and oxygen atoms in total. The van der Waals surface area contributed by atoms with Crippen LogP contribution in [0.15, 0.2) is 30.3 Å². The van der Waals surface area contributed by atoms with Crippen molar-refractivity contribution in [2.45, 2.75) is 38.1 Å². The number of rotatable bonds is 4. The molecule has 1 aromatic rings. The van der Waals surface area contributed by atoms with Gasteiger partial charge in [-0.1, -0.05) is 30.3 Å². The molecule has 110 valence electrons. The van der Waals surface area contributed by atoms with E-state index < -0.39 is 30.6 Å². The summed E-state index contributed by atoms with van der Waals surface area (Å²) >= 11 is 0. The van der Waals surface area contributed by atoms with Crippen molar-refractivity contribution in [2.24, 2.45) is 0 Å². The third-order valence-corrected chi connectivity index (χ3v) is 3.01. The van der Waals surface area contributed by atoms with Crippen molar-refractivity contribution >= 4 is 5.97 Å². The lowest BCUT2D eigenvalue weighted by molar-refractivity contribution is -0.270. The average Bonchev–Trinajstić information content (AvgIpc) is 2.43. The average molecular weight is 282 g/mol. The highest BCUT2D eigenvalue weighted by molar-refractivity contribution is 5.66. The van der Waals surface area contributed by atoms with Gasteiger partial charge in [-0.3, -0.25) is 4.79 Å². The Labute approximate surface area is 116 Å². The number of esters is 1. The fourth-order valence-corrected chi connectivity index (χ4v) is 2.06. The van der Waals surface area contributed by atoms with Gasteiger partial charge in [-0.2, -0.15) is 0 Å². The van der Waals surface area contributed by atoms with Crippen molar-refractivity contribution in [2.75, 3.05) is 6.61 Å². The Bertz CT molecular complexity index is 435. The summed E-state index contributed by atoms with van der Waals surface area (Å²) in [6.07, 6.45) is -4.14. The maximum Gasteiger partial charge on any atom is 0.303 e. The molecule has 0 aromatic heterocycles. The van der Waals surface area contributed by atoms with Crippen LogP contribution in [0.1, 0.15) is 12.5 Å². The van der Waals surface area contributed by atoms with Crippen LogP contribution in [0.25, 0.3) is 0 Å². The van der Waals surface area contributed by atoms with Crippen molar-refractivity contribution in [1.82, 2.24) is 0 Å². The topological polar surface area (TPSA) is 85.2 Å². The van der Waals surface area contributed by atoms with Gasteiger partial charge in [0.25, 0.3) is 0 Å². The van der Waals surface area contributed by atoms with Crippen LogP contribution >= 0.6 is 0 Å². The molecule has 2 rings (SSSR count). The van der Waals surface area contributed by atoms with Crippen LogP contribution < -0.4 is 0 Å². The number of benzene rings is 1. The van der Waals surface area contributed by atoms with Gasteiger partial charge in [0.1, 0.15) is 12.2 Å². The molecular formula is C14H18O6. The minimum absolute atomic E-state index is 0.0710. The first-order valence-electron chi connectivity index (χ1n) is 6.38. The first-order valence-corrected chi connectivity index (χ1v) is 6.38. The van der Waals surface area contributed by atoms with Crippen LogP contribution in [0.3, 0.4) is 0 Å². The Morgan fingerprint density at radius 2 is 2.00 bits per heavy atom. The Kier molecular flexibility index (Phi) is 5.08. The highest BCUT2D eigenvalue weighted by atomic mass is 16.7. The number of ether oxygens (including phenoxy) is 3. The van der Waals surface area contributed by atoms with Crippen molar-refractivity contribution in [3.05, 3.63) is 35.9 Å². The van der Waals surface area contributed by atoms with Gasteiger partial charge in [-0.05, 0) is 5.56 Å². The molecule has 2 N–H and O–H groups in total. The van der Waals surface area contributed by atoms with E-state index in [0.29, 0.717) is 0 Å². The second kappa shape index (κ2) is 6.81. The summed E-state index contributed by atoms with van der Waals surface area (Å²) in [6.45, 7) is 1.40. The predicted octanol–water partition coefficient (Wildman–Crippen LogP) is 0.213. The Hall–Kier alpha value is -1.47. The lowest BCUT2D eigenvalue weighted by atomic mass is 10.0. The molecule has 0 spiro atoms. The van der Waals surface area contributed by atoms with E-state index in [1.807, 2.05) is 30.3 Å². The molecule has 1 saturated heterocycles. The zero-order valence-electron chi connectivity index (χ0n) is 11.1. The number of carbonyl (C=O) groups excluding carboxylic acids is 1. The molecule has 1 aliphatic rings. The van der Waals surface area contributed by atoms with Gasteiger partial charge in [0.15, 0.2) is 12.4 Å². The highest BCUT2D eigenvalue weighted by Gasteiger charge is 2.42. The SMILES string of the molecule is CC(=O)O[C@@H]1[C@@H](OCc2ccccc2)[C@H](O)CO[C@@H]1O. The standard InChI is InChI=1S/C14H18O6/c1-9(15)20-13-12(11(16)8-19-14(13)17)18-7-10-5-3-2-4-6-10/h2-6,11-14,16-17H,7-8H2,1H3/t11-,12+,13-,14+/m1/s1. The zero-order chi connectivity index (χ0) is 14.5. The number of hydrogen-bond donors (Lipinski definition) is 2. The monoisotopic (exact) mass is 282 g/mol. The Morgan fingerprint density at radius 1 is 1.30 bits per heavy atom. The first-order chi connectivity index (χ1) is 9.58. The van der Waals surface area contributed by atoms with Gasteiger partial charge in [-0.25, -0.2) is 0 Å². The summed E-state index contributed by atoms with van der Waals surface area (Å²) in [5.74, 6) is -0.569. The third kappa shape index (κ3) is 3.77. The number of hydrogen-bond acceptors (Lipinski definition) is 6. The van der Waals surface area contributed by atoms with Crippen LogP contribution in [0, 0.1) is 0 Å². The van der Waals surface area contributed by atoms with E-state index in [-0.39, 0.29) is 13.2 Å². The molecule has 1 aromatic carbocycles. The summed E-state index contributed by atoms with van der Waals surface area (Å²) in [7, 11) is 0. The number of aliphatic hydroxyl groups excluding tert-OH is 2. The van der Waals surface area contributed by atoms with E-state index in [1.54, 1.807) is 0 Å². The molecule has 1 heterocycles. The van der Waals surface area contributed by atoms with Gasteiger partial charge < -0.3 is 24.4 Å². The largest absolute Gasteiger partial charge is 0.454 e. The van der Waals surface area contributed by atoms with E-state index in [1.165, 1.54) is 6.92 Å². The minimum Gasteiger partial charge on any atom is -0.454 e. The molecule has 20 heavy (non-hydrogen) atoms. The van der Waals surface area contributed by atoms with Gasteiger partial charge in [0, 0.05) is 6.92 Å². The van der Waals surface area contributed by atoms with Crippen molar-refractivity contribution in [3.63, 3.8) is 0 Å². The predicted molar refractivity (Wildman–Crippen MR) is 68.5 cm³/mol. The van der Waals surface area contributed by atoms with Crippen LogP contribution in [-0.4, -0.2) is 47.4 Å². The van der Waals surface area contributed by atoms with E-state index in [4.69, 9.17) is 14.2 Å². The van der Waals surface area contributed by atoms with Crippen LogP contribution in [-0.2, 0) is 25.6 Å². The minimum atomic E-state index is -1.30. The normalized spacial score (nSPS) is 29.9. The molecule has 0 aliphatic carbocycles. The van der Waals surface area contributed by atoms with Gasteiger partial charge in [-0.15, -0.1) is 0 Å². The first kappa shape index (κ1) is 14.9. The smallest absolute Gasteiger partial charge is 0.303 e. The van der Waals surface area contributed by atoms with E-state index in [0.717, 1.165) is 5.56 Å². The number of aliphatic hydroxyl groups is 2. The molecule has 0 bridgehead atoms. The van der Waals surface area contributed by atoms with E-state index in [2.05, 4.69) is 0 Å². The lowest BCUT2D eigenvalue weighted by Gasteiger charge is -2.37. The Balaban J connectivity index is 2.02. The van der Waals surface area contributed by atoms with Crippen LogP contribution in [0.5, 0.6) is 0 Å². The summed E-state index contributed by atoms with van der Waals surface area (Å²) in [5, 5.41) is 19.6. The fraction of sp³-hybridized carbons (Fsp3) is 0.500. The molecular weight excluding hydrogens is 264 g/mol. The lowest BCUT2D eigenvalue weighted by Crippen LogP contribution is -2.55. The quantitative estimate of drug-likeness (QED) is 0.768. The molecule has 0 saturated carbocycles. The van der Waals surface area contributed by atoms with Crippen molar-refractivity contribution < 1.29 is 29.2 Å². The molecule has 6 heteroatoms. The summed E-state index contributed by atoms with van der Waals surface area (Å²) in [5.41, 5.74) is 0.919. The second-order valence-electron chi connectivity index (χ2n) is 4.63. The van der Waals surface area contributed by atoms with Crippen molar-refractivity contribution in [1.29, 1.82) is 0 Å². The van der Waals surface area contributed by atoms with Gasteiger partial charge in [0.2, 0.25) is 0 Å². The molecule has 0 amide bonds. The molecule has 0 unspecified atom stereocenters. The van der Waals surface area contributed by atoms with Crippen molar-refractivity contribution in [3.8, 4) is 0 Å². The molecule has 1 aliphatic heterocycles. The third-order valence-electron chi connectivity index (χ3n) is 3.01. The van der Waals surface area contributed by atoms with Gasteiger partial charge in [0.05, 0.1) is 13.2 Å². The van der Waals surface area contributed by atoms with E-state index >= 15 is 0 Å². The maximum absolute atomic E-state index is 11.1. The van der Waals surface area contributed by atoms with Crippen LogP contribution in [0.4, 0.5) is 0 Å². The van der Waals surface area contributed by atoms with Gasteiger partial charge >= 0.3 is 5.97 Å². The summed E-state index contributed by atoms with van der Waals surface area (Å²) < 4.78 is 15.5. The summed E-state index contributed by atoms with van der Waals surface area (Å²) in [6, 6.07) is 9.39. The Morgan fingerprint density at radius 3 is 2.65 bits per heavy atom. The molecule has 0 radical (unpaired) electrons. The molecule has 4 atom stereocenters. The fourth-order valence-electron chi connectivity index (χ4n) is 2.06. The van der Waals surface area contributed by atoms with Crippen LogP contribution in [0.2, 0.25) is 0 Å². The molecule has 1 fully saturated rings. The number of carbonyl (C=O) groups is 1. The van der Waals surface area contributed by atoms with E-state index in [9.17, 15) is 15.0 Å². The highest BCUT2D eigenvalue weighted by Crippen LogP contribution is 2.21.